The molecular weight excluding hydrogens is 120 g/mol. The van der Waals surface area contributed by atoms with Crippen molar-refractivity contribution < 1.29 is 5.11 Å². The van der Waals surface area contributed by atoms with Gasteiger partial charge in [0.15, 0.2) is 0 Å². The molecule has 8 heavy (non-hydrogen) atoms. The summed E-state index contributed by atoms with van der Waals surface area (Å²) in [6, 6.07) is 0. The third-order valence-corrected chi connectivity index (χ3v) is 1.92. The third-order valence-electron chi connectivity index (χ3n) is 0.762. The third kappa shape index (κ3) is 4.47. The Hall–Kier alpha value is 0.310. The molecule has 0 radical (unpaired) electrons. The molecule has 0 aromatic rings. The van der Waals surface area contributed by atoms with Gasteiger partial charge in [0.1, 0.15) is 0 Å². The molecule has 0 rings (SSSR count). The normalized spacial score (nSPS) is 14.6. The summed E-state index contributed by atoms with van der Waals surface area (Å²) in [5.41, 5.74) is 0. The molecule has 1 unspecified atom stereocenters. The number of aliphatic hydroxyl groups excluding tert-OH is 1. The van der Waals surface area contributed by atoms with Crippen molar-refractivity contribution in [2.24, 2.45) is 0 Å². The van der Waals surface area contributed by atoms with E-state index in [9.17, 15) is 0 Å². The summed E-state index contributed by atoms with van der Waals surface area (Å²) in [5, 5.41) is 9.60. The molecule has 0 spiro atoms. The molecule has 0 aromatic heterocycles. The van der Waals surface area contributed by atoms with Crippen molar-refractivity contribution in [1.29, 1.82) is 0 Å². The van der Waals surface area contributed by atoms with Crippen molar-refractivity contribution in [3.8, 4) is 0 Å². The molecule has 50 valence electrons. The summed E-state index contributed by atoms with van der Waals surface area (Å²) in [6.07, 6.45) is 0. The zero-order valence-electron chi connectivity index (χ0n) is 5.72. The van der Waals surface area contributed by atoms with Gasteiger partial charge in [-0.25, -0.2) is 0 Å². The molecule has 0 aromatic carbocycles. The van der Waals surface area contributed by atoms with Crippen LogP contribution in [0.25, 0.3) is 0 Å². The van der Waals surface area contributed by atoms with Crippen LogP contribution in [-0.4, -0.2) is 22.2 Å². The van der Waals surface area contributed by atoms with Crippen molar-refractivity contribution in [3.05, 3.63) is 0 Å². The van der Waals surface area contributed by atoms with Gasteiger partial charge in [-0.15, -0.1) is 0 Å². The maximum Gasteiger partial charge on any atom is 0.0547 e. The molecule has 1 atom stereocenters. The highest BCUT2D eigenvalue weighted by Gasteiger charge is 2.01. The minimum absolute atomic E-state index is 0.294. The van der Waals surface area contributed by atoms with Crippen molar-refractivity contribution in [1.82, 2.24) is 0 Å². The second-order valence-corrected chi connectivity index (χ2v) is 4.20. The van der Waals surface area contributed by atoms with Crippen LogP contribution in [0.4, 0.5) is 0 Å². The standard InChI is InChI=1S/C6H14OS/c1-5(2)8-6(3)4-7/h5-7H,4H2,1-3H3. The van der Waals surface area contributed by atoms with Gasteiger partial charge in [-0.05, 0) is 5.25 Å². The lowest BCUT2D eigenvalue weighted by atomic mass is 10.5. The molecule has 0 bridgehead atoms. The quantitative estimate of drug-likeness (QED) is 0.631. The summed E-state index contributed by atoms with van der Waals surface area (Å²) in [6.45, 7) is 6.60. The Balaban J connectivity index is 3.10. The van der Waals surface area contributed by atoms with Crippen LogP contribution >= 0.6 is 11.8 Å². The van der Waals surface area contributed by atoms with Gasteiger partial charge >= 0.3 is 0 Å². The smallest absolute Gasteiger partial charge is 0.0547 e. The van der Waals surface area contributed by atoms with E-state index >= 15 is 0 Å². The van der Waals surface area contributed by atoms with Crippen LogP contribution in [0.5, 0.6) is 0 Å². The zero-order valence-corrected chi connectivity index (χ0v) is 6.53. The monoisotopic (exact) mass is 134 g/mol. The van der Waals surface area contributed by atoms with Crippen LogP contribution in [0.3, 0.4) is 0 Å². The summed E-state index contributed by atoms with van der Waals surface area (Å²) < 4.78 is 0. The Kier molecular flexibility index (Phi) is 4.38. The van der Waals surface area contributed by atoms with Crippen LogP contribution in [-0.2, 0) is 0 Å². The summed E-state index contributed by atoms with van der Waals surface area (Å²) in [5.74, 6) is 0. The second-order valence-electron chi connectivity index (χ2n) is 2.18. The van der Waals surface area contributed by atoms with Gasteiger partial charge in [-0.1, -0.05) is 20.8 Å². The highest BCUT2D eigenvalue weighted by atomic mass is 32.2. The summed E-state index contributed by atoms with van der Waals surface area (Å²) in [7, 11) is 0. The number of thioether (sulfide) groups is 1. The van der Waals surface area contributed by atoms with Crippen LogP contribution in [0, 0.1) is 0 Å². The van der Waals surface area contributed by atoms with Crippen LogP contribution < -0.4 is 0 Å². The molecule has 0 saturated heterocycles. The van der Waals surface area contributed by atoms with E-state index in [2.05, 4.69) is 13.8 Å². The van der Waals surface area contributed by atoms with Gasteiger partial charge in [0.25, 0.3) is 0 Å². The maximum absolute atomic E-state index is 8.56. The Morgan fingerprint density at radius 2 is 1.88 bits per heavy atom. The molecule has 0 saturated carbocycles. The van der Waals surface area contributed by atoms with E-state index in [-0.39, 0.29) is 0 Å². The molecule has 0 heterocycles. The lowest BCUT2D eigenvalue weighted by Gasteiger charge is -2.09. The van der Waals surface area contributed by atoms with E-state index in [0.717, 1.165) is 0 Å². The molecule has 1 N–H and O–H groups in total. The first-order valence-electron chi connectivity index (χ1n) is 2.93. The number of hydrogen-bond acceptors (Lipinski definition) is 2. The Bertz CT molecular complexity index is 54.5. The lowest BCUT2D eigenvalue weighted by molar-refractivity contribution is 0.300. The fourth-order valence-electron chi connectivity index (χ4n) is 0.508. The Morgan fingerprint density at radius 1 is 1.38 bits per heavy atom. The molecule has 2 heteroatoms. The largest absolute Gasteiger partial charge is 0.395 e. The number of rotatable bonds is 3. The van der Waals surface area contributed by atoms with Crippen LogP contribution in [0.15, 0.2) is 0 Å². The first kappa shape index (κ1) is 8.31. The minimum atomic E-state index is 0.294. The molecule has 0 amide bonds. The fourth-order valence-corrected chi connectivity index (χ4v) is 1.52. The molecule has 0 aliphatic rings. The zero-order chi connectivity index (χ0) is 6.57. The molecular formula is C6H14OS. The summed E-state index contributed by atoms with van der Waals surface area (Å²) in [4.78, 5) is 0. The average Bonchev–Trinajstić information content (AvgIpc) is 1.65. The van der Waals surface area contributed by atoms with Crippen molar-refractivity contribution in [2.45, 2.75) is 31.3 Å². The first-order chi connectivity index (χ1) is 3.66. The van der Waals surface area contributed by atoms with Crippen LogP contribution in [0.1, 0.15) is 20.8 Å². The van der Waals surface area contributed by atoms with Gasteiger partial charge in [0.2, 0.25) is 0 Å². The van der Waals surface area contributed by atoms with E-state index in [1.807, 2.05) is 6.92 Å². The average molecular weight is 134 g/mol. The maximum atomic E-state index is 8.56. The fraction of sp³-hybridized carbons (Fsp3) is 1.00. The van der Waals surface area contributed by atoms with Gasteiger partial charge in [-0.2, -0.15) is 11.8 Å². The van der Waals surface area contributed by atoms with Crippen molar-refractivity contribution in [3.63, 3.8) is 0 Å². The van der Waals surface area contributed by atoms with Gasteiger partial charge in [0.05, 0.1) is 6.61 Å². The van der Waals surface area contributed by atoms with Crippen molar-refractivity contribution in [2.75, 3.05) is 6.61 Å². The van der Waals surface area contributed by atoms with Gasteiger partial charge < -0.3 is 5.11 Å². The predicted molar refractivity (Wildman–Crippen MR) is 39.3 cm³/mol. The second kappa shape index (κ2) is 4.21. The van der Waals surface area contributed by atoms with Gasteiger partial charge in [-0.3, -0.25) is 0 Å². The highest BCUT2D eigenvalue weighted by Crippen LogP contribution is 2.15. The van der Waals surface area contributed by atoms with E-state index in [1.54, 1.807) is 11.8 Å². The molecule has 0 aliphatic carbocycles. The minimum Gasteiger partial charge on any atom is -0.395 e. The van der Waals surface area contributed by atoms with E-state index in [0.29, 0.717) is 17.1 Å². The van der Waals surface area contributed by atoms with E-state index in [1.165, 1.54) is 0 Å². The Morgan fingerprint density at radius 3 is 2.00 bits per heavy atom. The van der Waals surface area contributed by atoms with Crippen molar-refractivity contribution >= 4 is 11.8 Å². The molecule has 0 fully saturated rings. The van der Waals surface area contributed by atoms with E-state index < -0.39 is 0 Å². The number of hydrogen-bond donors (Lipinski definition) is 1. The first-order valence-corrected chi connectivity index (χ1v) is 3.87. The Labute approximate surface area is 55.5 Å². The SMILES string of the molecule is CC(C)SC(C)CO. The van der Waals surface area contributed by atoms with Crippen LogP contribution in [0.2, 0.25) is 0 Å². The molecule has 1 nitrogen and oxygen atoms in total. The van der Waals surface area contributed by atoms with Gasteiger partial charge in [0, 0.05) is 5.25 Å². The highest BCUT2D eigenvalue weighted by molar-refractivity contribution is 8.00. The summed E-state index contributed by atoms with van der Waals surface area (Å²) >= 11 is 1.80. The van der Waals surface area contributed by atoms with E-state index in [4.69, 9.17) is 5.11 Å². The topological polar surface area (TPSA) is 20.2 Å². The lowest BCUT2D eigenvalue weighted by Crippen LogP contribution is -2.05. The molecule has 0 aliphatic heterocycles. The predicted octanol–water partition coefficient (Wildman–Crippen LogP) is 1.51. The number of aliphatic hydroxyl groups is 1.